The van der Waals surface area contributed by atoms with E-state index in [0.717, 1.165) is 89.9 Å². The van der Waals surface area contributed by atoms with Crippen molar-refractivity contribution < 1.29 is 9.47 Å². The van der Waals surface area contributed by atoms with Gasteiger partial charge in [-0.2, -0.15) is 0 Å². The molecular weight excluding hydrogens is 757 g/mol. The molecule has 2 aromatic heterocycles. The van der Waals surface area contributed by atoms with Crippen LogP contribution in [0.1, 0.15) is 11.1 Å². The summed E-state index contributed by atoms with van der Waals surface area (Å²) in [6.45, 7) is 4.20. The van der Waals surface area contributed by atoms with Gasteiger partial charge in [-0.15, -0.1) is 0 Å². The number of rotatable bonds is 6. The highest BCUT2D eigenvalue weighted by molar-refractivity contribution is 6.98. The lowest BCUT2D eigenvalue weighted by Gasteiger charge is -2.33. The van der Waals surface area contributed by atoms with E-state index in [-0.39, 0.29) is 6.71 Å². The molecule has 0 spiro atoms. The summed E-state index contributed by atoms with van der Waals surface area (Å²) < 4.78 is 15.7. The average Bonchev–Trinajstić information content (AvgIpc) is 3.70. The topological polar surface area (TPSA) is 49.2 Å². The number of fused-ring (bicyclic) bond motifs is 5. The summed E-state index contributed by atoms with van der Waals surface area (Å²) >= 11 is 0. The first-order valence-electron chi connectivity index (χ1n) is 21.1. The summed E-state index contributed by atoms with van der Waals surface area (Å²) in [7, 11) is 0. The fourth-order valence-electron chi connectivity index (χ4n) is 9.65. The number of nitrogens with zero attached hydrogens (tertiary/aromatic N) is 3. The quantitative estimate of drug-likeness (QED) is 0.157. The van der Waals surface area contributed by atoms with Gasteiger partial charge in [-0.1, -0.05) is 127 Å². The fourth-order valence-corrected chi connectivity index (χ4v) is 9.65. The van der Waals surface area contributed by atoms with E-state index in [4.69, 9.17) is 19.4 Å². The van der Waals surface area contributed by atoms with Gasteiger partial charge in [-0.3, -0.25) is 9.55 Å². The van der Waals surface area contributed by atoms with E-state index in [0.29, 0.717) is 0 Å². The molecule has 0 radical (unpaired) electrons. The fraction of sp³-hybridized carbons (Fsp3) is 0.0357. The third-order valence-corrected chi connectivity index (χ3v) is 12.5. The van der Waals surface area contributed by atoms with Crippen LogP contribution in [0.15, 0.2) is 194 Å². The first kappa shape index (κ1) is 35.9. The van der Waals surface area contributed by atoms with Crippen LogP contribution in [0.5, 0.6) is 23.0 Å². The number of hydrogen-bond donors (Lipinski definition) is 0. The van der Waals surface area contributed by atoms with Gasteiger partial charge in [0, 0.05) is 17.2 Å². The highest BCUT2D eigenvalue weighted by Crippen LogP contribution is 2.41. The largest absolute Gasteiger partial charge is 0.458 e. The van der Waals surface area contributed by atoms with Crippen molar-refractivity contribution >= 4 is 34.1 Å². The first-order valence-corrected chi connectivity index (χ1v) is 21.1. The van der Waals surface area contributed by atoms with Crippen molar-refractivity contribution in [1.29, 1.82) is 0 Å². The standard InChI is InChI=1S/C56H38BN3O2/c1-35-14-12-15-36(2)55(35)60-49-23-11-10-22-47(49)59-56(60)40-27-29-51-46(33-40)57-45-32-39(26-28-50(45)61-52-24-13-25-53(62-51)54(52)57)48-34-38(30-31-58-48)42-19-7-9-21-44(42)43-20-8-6-18-41(43)37-16-4-3-5-17-37/h3-34H,1-2H3. The number of aromatic nitrogens is 3. The molecule has 0 unspecified atom stereocenters. The monoisotopic (exact) mass is 795 g/mol. The number of pyridine rings is 1. The molecule has 2 aliphatic heterocycles. The molecule has 0 saturated carbocycles. The van der Waals surface area contributed by atoms with Crippen molar-refractivity contribution in [2.24, 2.45) is 0 Å². The molecule has 0 N–H and O–H groups in total. The smallest absolute Gasteiger partial charge is 0.260 e. The summed E-state index contributed by atoms with van der Waals surface area (Å²) in [6.07, 6.45) is 1.92. The van der Waals surface area contributed by atoms with Gasteiger partial charge in [0.25, 0.3) is 6.71 Å². The van der Waals surface area contributed by atoms with Crippen LogP contribution in [-0.4, -0.2) is 21.2 Å². The van der Waals surface area contributed by atoms with Crippen LogP contribution >= 0.6 is 0 Å². The molecule has 0 aliphatic carbocycles. The lowest BCUT2D eigenvalue weighted by atomic mass is 9.34. The molecule has 2 aliphatic rings. The maximum atomic E-state index is 6.69. The van der Waals surface area contributed by atoms with Crippen molar-refractivity contribution in [2.75, 3.05) is 0 Å². The maximum absolute atomic E-state index is 6.69. The van der Waals surface area contributed by atoms with Gasteiger partial charge in [0.1, 0.15) is 28.8 Å². The highest BCUT2D eigenvalue weighted by Gasteiger charge is 2.40. The molecular formula is C56H38BN3O2. The number of imidazole rings is 1. The molecule has 0 atom stereocenters. The van der Waals surface area contributed by atoms with E-state index in [1.165, 1.54) is 33.4 Å². The van der Waals surface area contributed by atoms with Crippen molar-refractivity contribution in [3.8, 4) is 84.7 Å². The van der Waals surface area contributed by atoms with Crippen LogP contribution in [0.4, 0.5) is 0 Å². The normalized spacial score (nSPS) is 12.3. The Balaban J connectivity index is 0.987. The zero-order chi connectivity index (χ0) is 41.3. The minimum absolute atomic E-state index is 0.148. The van der Waals surface area contributed by atoms with Crippen LogP contribution in [0.3, 0.4) is 0 Å². The van der Waals surface area contributed by atoms with Crippen LogP contribution < -0.4 is 25.9 Å². The second-order valence-electron chi connectivity index (χ2n) is 16.2. The second kappa shape index (κ2) is 14.4. The molecule has 0 bridgehead atoms. The van der Waals surface area contributed by atoms with Crippen LogP contribution in [0.25, 0.3) is 72.7 Å². The SMILES string of the molecule is Cc1cccc(C)c1-n1c(-c2ccc3c(c2)B2c4cc(-c5cc(-c6ccccc6-c6ccccc6-c6ccccc6)ccn5)ccc4Oc4cccc(c42)O3)nc2ccccc21. The van der Waals surface area contributed by atoms with Crippen LogP contribution in [0.2, 0.25) is 0 Å². The van der Waals surface area contributed by atoms with E-state index >= 15 is 0 Å². The van der Waals surface area contributed by atoms with Gasteiger partial charge in [-0.25, -0.2) is 4.98 Å². The van der Waals surface area contributed by atoms with Crippen LogP contribution in [-0.2, 0) is 0 Å². The molecule has 4 heterocycles. The molecule has 5 nitrogen and oxygen atoms in total. The van der Waals surface area contributed by atoms with E-state index in [9.17, 15) is 0 Å². The van der Waals surface area contributed by atoms with Gasteiger partial charge in [0.2, 0.25) is 0 Å². The molecule has 0 amide bonds. The summed E-state index contributed by atoms with van der Waals surface area (Å²) in [5.74, 6) is 4.14. The lowest BCUT2D eigenvalue weighted by Crippen LogP contribution is -2.57. The molecule has 10 aromatic rings. The lowest BCUT2D eigenvalue weighted by molar-refractivity contribution is 0.464. The Kier molecular flexibility index (Phi) is 8.32. The Hall–Kier alpha value is -7.96. The average molecular weight is 796 g/mol. The number of aryl methyl sites for hydroxylation is 2. The third kappa shape index (κ3) is 5.79. The van der Waals surface area contributed by atoms with Crippen molar-refractivity contribution in [1.82, 2.24) is 14.5 Å². The van der Waals surface area contributed by atoms with E-state index in [1.54, 1.807) is 0 Å². The molecule has 12 rings (SSSR count). The van der Waals surface area contributed by atoms with Crippen molar-refractivity contribution in [2.45, 2.75) is 13.8 Å². The Morgan fingerprint density at radius 3 is 1.74 bits per heavy atom. The molecule has 8 aromatic carbocycles. The van der Waals surface area contributed by atoms with Gasteiger partial charge >= 0.3 is 0 Å². The minimum Gasteiger partial charge on any atom is -0.458 e. The highest BCUT2D eigenvalue weighted by atomic mass is 16.5. The summed E-state index contributed by atoms with van der Waals surface area (Å²) in [5.41, 5.74) is 18.6. The van der Waals surface area contributed by atoms with E-state index < -0.39 is 0 Å². The first-order chi connectivity index (χ1) is 30.6. The van der Waals surface area contributed by atoms with E-state index in [1.807, 2.05) is 24.4 Å². The minimum atomic E-state index is -0.148. The van der Waals surface area contributed by atoms with Gasteiger partial charge in [0.15, 0.2) is 0 Å². The number of benzene rings is 8. The Morgan fingerprint density at radius 1 is 0.452 bits per heavy atom. The molecule has 292 valence electrons. The summed E-state index contributed by atoms with van der Waals surface area (Å²) in [5, 5.41) is 0. The maximum Gasteiger partial charge on any atom is 0.260 e. The predicted octanol–water partition coefficient (Wildman–Crippen LogP) is 12.1. The number of para-hydroxylation sites is 3. The molecule has 0 saturated heterocycles. The van der Waals surface area contributed by atoms with E-state index in [2.05, 4.69) is 188 Å². The Morgan fingerprint density at radius 2 is 1.03 bits per heavy atom. The Labute approximate surface area is 360 Å². The Bertz CT molecular complexity index is 3380. The second-order valence-corrected chi connectivity index (χ2v) is 16.2. The number of ether oxygens (including phenoxy) is 2. The molecule has 62 heavy (non-hydrogen) atoms. The van der Waals surface area contributed by atoms with Gasteiger partial charge < -0.3 is 9.47 Å². The van der Waals surface area contributed by atoms with Crippen LogP contribution in [0, 0.1) is 13.8 Å². The van der Waals surface area contributed by atoms with Gasteiger partial charge in [0.05, 0.1) is 22.4 Å². The van der Waals surface area contributed by atoms with Crippen molar-refractivity contribution in [3.63, 3.8) is 0 Å². The summed E-state index contributed by atoms with van der Waals surface area (Å²) in [4.78, 5) is 10.3. The third-order valence-electron chi connectivity index (χ3n) is 12.5. The van der Waals surface area contributed by atoms with Gasteiger partial charge in [-0.05, 0) is 136 Å². The van der Waals surface area contributed by atoms with Crippen molar-refractivity contribution in [3.05, 3.63) is 205 Å². The number of hydrogen-bond acceptors (Lipinski definition) is 4. The zero-order valence-corrected chi connectivity index (χ0v) is 34.2. The molecule has 6 heteroatoms. The summed E-state index contributed by atoms with van der Waals surface area (Å²) in [6, 6.07) is 66.2. The zero-order valence-electron chi connectivity index (χ0n) is 34.2. The predicted molar refractivity (Wildman–Crippen MR) is 253 cm³/mol. The molecule has 0 fully saturated rings.